The van der Waals surface area contributed by atoms with Crippen molar-refractivity contribution >= 4 is 22.6 Å². The fourth-order valence-corrected chi connectivity index (χ4v) is 3.81. The predicted octanol–water partition coefficient (Wildman–Crippen LogP) is 2.58. The van der Waals surface area contributed by atoms with Crippen LogP contribution in [0.3, 0.4) is 0 Å². The highest BCUT2D eigenvalue weighted by Gasteiger charge is 2.46. The first-order chi connectivity index (χ1) is 11.5. The highest BCUT2D eigenvalue weighted by molar-refractivity contribution is 6.03. The van der Waals surface area contributed by atoms with Crippen molar-refractivity contribution in [1.82, 2.24) is 9.88 Å². The number of aromatic nitrogens is 1. The average Bonchev–Trinajstić information content (AvgIpc) is 3.16. The van der Waals surface area contributed by atoms with E-state index in [0.717, 1.165) is 18.4 Å². The number of hydrogen-bond acceptors (Lipinski definition) is 3. The molecule has 126 valence electrons. The summed E-state index contributed by atoms with van der Waals surface area (Å²) in [6.45, 7) is 2.97. The van der Waals surface area contributed by atoms with Gasteiger partial charge in [-0.15, -0.1) is 0 Å². The second-order valence-electron chi connectivity index (χ2n) is 6.66. The van der Waals surface area contributed by atoms with E-state index in [1.165, 1.54) is 12.1 Å². The number of Topliss-reactive ketones (excluding diaryl/α,β-unsaturated/α-hetero) is 1. The molecule has 1 amide bonds. The van der Waals surface area contributed by atoms with Crippen LogP contribution in [0.1, 0.15) is 35.3 Å². The van der Waals surface area contributed by atoms with Crippen LogP contribution >= 0.6 is 0 Å². The molecule has 4 rings (SSSR count). The van der Waals surface area contributed by atoms with Crippen LogP contribution in [0.25, 0.3) is 10.9 Å². The van der Waals surface area contributed by atoms with Crippen LogP contribution in [0.15, 0.2) is 18.2 Å². The summed E-state index contributed by atoms with van der Waals surface area (Å²) in [5.74, 6) is -0.568. The largest absolute Gasteiger partial charge is 0.367 e. The maximum atomic E-state index is 13.4. The molecule has 5 nitrogen and oxygen atoms in total. The quantitative estimate of drug-likeness (QED) is 0.874. The molecule has 3 heterocycles. The monoisotopic (exact) mass is 330 g/mol. The number of ether oxygens (including phenoxy) is 1. The van der Waals surface area contributed by atoms with Crippen molar-refractivity contribution in [3.8, 4) is 0 Å². The van der Waals surface area contributed by atoms with Gasteiger partial charge >= 0.3 is 0 Å². The smallest absolute Gasteiger partial charge is 0.270 e. The Labute approximate surface area is 138 Å². The predicted molar refractivity (Wildman–Crippen MR) is 86.4 cm³/mol. The third-order valence-corrected chi connectivity index (χ3v) is 5.25. The number of carbonyl (C=O) groups excluding carboxylic acids is 2. The fourth-order valence-electron chi connectivity index (χ4n) is 3.81. The lowest BCUT2D eigenvalue weighted by Crippen LogP contribution is -2.53. The van der Waals surface area contributed by atoms with Crippen LogP contribution in [-0.2, 0) is 9.53 Å². The van der Waals surface area contributed by atoms with Crippen LogP contribution in [0, 0.1) is 12.7 Å². The van der Waals surface area contributed by atoms with Gasteiger partial charge in [0.1, 0.15) is 17.1 Å². The molecule has 1 N–H and O–H groups in total. The number of H-pyrrole nitrogens is 1. The van der Waals surface area contributed by atoms with Crippen molar-refractivity contribution in [2.75, 3.05) is 19.7 Å². The maximum Gasteiger partial charge on any atom is 0.270 e. The van der Waals surface area contributed by atoms with E-state index in [9.17, 15) is 14.0 Å². The number of nitrogens with one attached hydrogen (secondary N) is 1. The molecule has 0 bridgehead atoms. The van der Waals surface area contributed by atoms with E-state index in [4.69, 9.17) is 4.74 Å². The molecule has 1 aromatic carbocycles. The Balaban J connectivity index is 1.61. The zero-order valence-corrected chi connectivity index (χ0v) is 13.5. The average molecular weight is 330 g/mol. The van der Waals surface area contributed by atoms with Crippen LogP contribution in [0.2, 0.25) is 0 Å². The lowest BCUT2D eigenvalue weighted by molar-refractivity contribution is -0.144. The zero-order chi connectivity index (χ0) is 16.9. The number of aryl methyl sites for hydroxylation is 1. The van der Waals surface area contributed by atoms with Gasteiger partial charge in [0.25, 0.3) is 5.91 Å². The van der Waals surface area contributed by atoms with Crippen molar-refractivity contribution in [2.24, 2.45) is 0 Å². The molecule has 0 saturated carbocycles. The zero-order valence-electron chi connectivity index (χ0n) is 13.5. The van der Waals surface area contributed by atoms with E-state index < -0.39 is 5.60 Å². The van der Waals surface area contributed by atoms with Gasteiger partial charge in [-0.05, 0) is 43.5 Å². The number of piperidine rings is 1. The fraction of sp³-hybridized carbons (Fsp3) is 0.444. The van der Waals surface area contributed by atoms with Gasteiger partial charge in [-0.3, -0.25) is 9.59 Å². The first-order valence-corrected chi connectivity index (χ1v) is 8.24. The molecule has 1 atom stereocenters. The summed E-state index contributed by atoms with van der Waals surface area (Å²) in [5, 5.41) is 0.692. The summed E-state index contributed by atoms with van der Waals surface area (Å²) in [6, 6.07) is 4.40. The number of rotatable bonds is 1. The Bertz CT molecular complexity index is 836. The Hall–Kier alpha value is -2.21. The van der Waals surface area contributed by atoms with Crippen LogP contribution in [0.5, 0.6) is 0 Å². The molecule has 6 heteroatoms. The summed E-state index contributed by atoms with van der Waals surface area (Å²) in [7, 11) is 0. The Kier molecular flexibility index (Phi) is 3.46. The first kappa shape index (κ1) is 15.3. The van der Waals surface area contributed by atoms with Crippen LogP contribution < -0.4 is 0 Å². The van der Waals surface area contributed by atoms with Crippen LogP contribution in [0.4, 0.5) is 4.39 Å². The number of nitrogens with zero attached hydrogens (tertiary/aromatic N) is 1. The minimum Gasteiger partial charge on any atom is -0.367 e. The maximum absolute atomic E-state index is 13.4. The van der Waals surface area contributed by atoms with Gasteiger partial charge in [-0.2, -0.15) is 0 Å². The topological polar surface area (TPSA) is 62.4 Å². The van der Waals surface area contributed by atoms with Crippen molar-refractivity contribution in [3.63, 3.8) is 0 Å². The minimum atomic E-state index is -0.671. The van der Waals surface area contributed by atoms with Gasteiger partial charge in [0, 0.05) is 30.5 Å². The van der Waals surface area contributed by atoms with Gasteiger partial charge < -0.3 is 14.6 Å². The van der Waals surface area contributed by atoms with Crippen LogP contribution in [-0.4, -0.2) is 46.9 Å². The second-order valence-corrected chi connectivity index (χ2v) is 6.66. The third kappa shape index (κ3) is 2.24. The molecular formula is C18H19FN2O3. The molecule has 24 heavy (non-hydrogen) atoms. The highest BCUT2D eigenvalue weighted by Crippen LogP contribution is 2.34. The summed E-state index contributed by atoms with van der Waals surface area (Å²) in [5.41, 5.74) is 1.18. The molecule has 2 fully saturated rings. The number of hydrogen-bond donors (Lipinski definition) is 1. The number of fused-ring (bicyclic) bond motifs is 1. The molecule has 2 aliphatic heterocycles. The van der Waals surface area contributed by atoms with E-state index in [1.54, 1.807) is 17.9 Å². The lowest BCUT2D eigenvalue weighted by Gasteiger charge is -2.37. The molecule has 2 aromatic rings. The second kappa shape index (κ2) is 5.41. The summed E-state index contributed by atoms with van der Waals surface area (Å²) < 4.78 is 19.1. The number of likely N-dealkylation sites (tertiary alicyclic amines) is 1. The summed E-state index contributed by atoms with van der Waals surface area (Å²) in [6.07, 6.45) is 2.19. The number of ketones is 1. The van der Waals surface area contributed by atoms with Gasteiger partial charge in [0.2, 0.25) is 0 Å². The molecule has 2 saturated heterocycles. The molecule has 0 radical (unpaired) electrons. The van der Waals surface area contributed by atoms with E-state index in [1.807, 2.05) is 0 Å². The summed E-state index contributed by atoms with van der Waals surface area (Å²) in [4.78, 5) is 29.9. The number of benzene rings is 1. The molecular weight excluding hydrogens is 311 g/mol. The normalized spacial score (nSPS) is 24.2. The van der Waals surface area contributed by atoms with Crippen molar-refractivity contribution in [1.29, 1.82) is 0 Å². The lowest BCUT2D eigenvalue weighted by atomic mass is 9.87. The Morgan fingerprint density at radius 3 is 2.92 bits per heavy atom. The van der Waals surface area contributed by atoms with Gasteiger partial charge in [0.05, 0.1) is 6.54 Å². The third-order valence-electron chi connectivity index (χ3n) is 5.25. The summed E-state index contributed by atoms with van der Waals surface area (Å²) >= 11 is 0. The van der Waals surface area contributed by atoms with E-state index in [0.29, 0.717) is 36.2 Å². The van der Waals surface area contributed by atoms with Gasteiger partial charge in [-0.25, -0.2) is 4.39 Å². The molecule has 0 aliphatic carbocycles. The van der Waals surface area contributed by atoms with E-state index >= 15 is 0 Å². The molecule has 1 aromatic heterocycles. The number of carbonyl (C=O) groups is 2. The number of halogens is 1. The van der Waals surface area contributed by atoms with E-state index in [-0.39, 0.29) is 24.1 Å². The van der Waals surface area contributed by atoms with Crippen molar-refractivity contribution < 1.29 is 18.7 Å². The Morgan fingerprint density at radius 2 is 2.21 bits per heavy atom. The Morgan fingerprint density at radius 1 is 1.38 bits per heavy atom. The van der Waals surface area contributed by atoms with E-state index in [2.05, 4.69) is 4.98 Å². The number of amides is 1. The van der Waals surface area contributed by atoms with Gasteiger partial charge in [-0.1, -0.05) is 0 Å². The molecule has 1 spiro atoms. The molecule has 0 unspecified atom stereocenters. The minimum absolute atomic E-state index is 0.0144. The SMILES string of the molecule is Cc1c(C(=O)N2CC[C@]3(CCCO3)C(=O)C2)[nH]c2ccc(F)cc12. The standard InChI is InChI=1S/C18H19FN2O3/c1-11-13-9-12(19)3-4-14(13)20-16(11)17(23)21-7-6-18(15(22)10-21)5-2-8-24-18/h3-4,9,20H,2,5-8,10H2,1H3/t18-/m1/s1. The van der Waals surface area contributed by atoms with Crippen molar-refractivity contribution in [3.05, 3.63) is 35.3 Å². The molecule has 2 aliphatic rings. The van der Waals surface area contributed by atoms with Crippen molar-refractivity contribution in [2.45, 2.75) is 31.8 Å². The van der Waals surface area contributed by atoms with Gasteiger partial charge in [0.15, 0.2) is 5.78 Å². The number of aromatic amines is 1. The highest BCUT2D eigenvalue weighted by atomic mass is 19.1. The first-order valence-electron chi connectivity index (χ1n) is 8.24.